The third kappa shape index (κ3) is 2.05. The van der Waals surface area contributed by atoms with Crippen LogP contribution in [0.1, 0.15) is 50.8 Å². The zero-order valence-electron chi connectivity index (χ0n) is 8.62. The van der Waals surface area contributed by atoms with Crippen molar-refractivity contribution in [2.45, 2.75) is 44.9 Å². The highest BCUT2D eigenvalue weighted by Gasteiger charge is 2.20. The lowest BCUT2D eigenvalue weighted by molar-refractivity contribution is 0.385. The molecule has 4 nitrogen and oxygen atoms in total. The third-order valence-electron chi connectivity index (χ3n) is 2.74. The molecular formula is C10H17N3O. The van der Waals surface area contributed by atoms with Gasteiger partial charge in [-0.2, -0.15) is 4.98 Å². The summed E-state index contributed by atoms with van der Waals surface area (Å²) >= 11 is 0. The Morgan fingerprint density at radius 3 is 2.86 bits per heavy atom. The van der Waals surface area contributed by atoms with Crippen molar-refractivity contribution in [1.29, 1.82) is 0 Å². The van der Waals surface area contributed by atoms with Crippen molar-refractivity contribution in [1.82, 2.24) is 10.1 Å². The van der Waals surface area contributed by atoms with Gasteiger partial charge in [-0.05, 0) is 19.8 Å². The molecule has 2 rings (SSSR count). The third-order valence-corrected chi connectivity index (χ3v) is 2.74. The molecule has 0 aromatic carbocycles. The van der Waals surface area contributed by atoms with Gasteiger partial charge in [-0.25, -0.2) is 0 Å². The highest BCUT2D eigenvalue weighted by atomic mass is 16.5. The van der Waals surface area contributed by atoms with Gasteiger partial charge < -0.3 is 9.84 Å². The van der Waals surface area contributed by atoms with Crippen LogP contribution in [-0.2, 0) is 0 Å². The molecule has 14 heavy (non-hydrogen) atoms. The van der Waals surface area contributed by atoms with Gasteiger partial charge in [0.2, 0.25) is 0 Å². The maximum absolute atomic E-state index is 5.09. The molecule has 4 heteroatoms. The molecule has 1 aromatic rings. The first-order chi connectivity index (χ1) is 6.90. The highest BCUT2D eigenvalue weighted by Crippen LogP contribution is 2.31. The summed E-state index contributed by atoms with van der Waals surface area (Å²) in [5.41, 5.74) is 0. The molecular weight excluding hydrogens is 178 g/mol. The molecule has 1 aliphatic rings. The van der Waals surface area contributed by atoms with Crippen molar-refractivity contribution in [3.63, 3.8) is 0 Å². The van der Waals surface area contributed by atoms with Gasteiger partial charge in [-0.1, -0.05) is 24.4 Å². The second-order valence-electron chi connectivity index (χ2n) is 3.82. The minimum Gasteiger partial charge on any atom is -0.338 e. The van der Waals surface area contributed by atoms with Crippen LogP contribution >= 0.6 is 0 Å². The molecule has 0 saturated heterocycles. The van der Waals surface area contributed by atoms with E-state index < -0.39 is 0 Å². The van der Waals surface area contributed by atoms with Crippen molar-refractivity contribution in [2.75, 3.05) is 11.9 Å². The number of hydrogen-bond donors (Lipinski definition) is 1. The quantitative estimate of drug-likeness (QED) is 0.805. The molecule has 78 valence electrons. The Hall–Kier alpha value is -1.06. The maximum Gasteiger partial charge on any atom is 0.321 e. The van der Waals surface area contributed by atoms with Crippen LogP contribution in [0.3, 0.4) is 0 Å². The van der Waals surface area contributed by atoms with E-state index in [4.69, 9.17) is 4.52 Å². The maximum atomic E-state index is 5.09. The van der Waals surface area contributed by atoms with Gasteiger partial charge in [-0.3, -0.25) is 0 Å². The van der Waals surface area contributed by atoms with E-state index in [-0.39, 0.29) is 0 Å². The van der Waals surface area contributed by atoms with Gasteiger partial charge in [0.25, 0.3) is 0 Å². The van der Waals surface area contributed by atoms with Gasteiger partial charge in [0.1, 0.15) is 0 Å². The van der Waals surface area contributed by atoms with E-state index in [1.807, 2.05) is 6.92 Å². The van der Waals surface area contributed by atoms with Crippen LogP contribution in [0.5, 0.6) is 0 Å². The van der Waals surface area contributed by atoms with Crippen LogP contribution in [0, 0.1) is 0 Å². The van der Waals surface area contributed by atoms with Crippen LogP contribution in [0.4, 0.5) is 6.01 Å². The molecule has 0 amide bonds. The fourth-order valence-corrected chi connectivity index (χ4v) is 1.98. The molecule has 1 aromatic heterocycles. The van der Waals surface area contributed by atoms with Crippen molar-refractivity contribution in [3.05, 3.63) is 5.82 Å². The van der Waals surface area contributed by atoms with Crippen LogP contribution < -0.4 is 5.32 Å². The van der Waals surface area contributed by atoms with E-state index in [1.54, 1.807) is 0 Å². The van der Waals surface area contributed by atoms with Gasteiger partial charge in [0, 0.05) is 12.5 Å². The second-order valence-corrected chi connectivity index (χ2v) is 3.82. The Labute approximate surface area is 84.1 Å². The Morgan fingerprint density at radius 1 is 1.36 bits per heavy atom. The van der Waals surface area contributed by atoms with Crippen molar-refractivity contribution < 1.29 is 4.52 Å². The lowest BCUT2D eigenvalue weighted by Gasteiger charge is -2.17. The molecule has 0 unspecified atom stereocenters. The Morgan fingerprint density at radius 2 is 2.14 bits per heavy atom. The first-order valence-corrected chi connectivity index (χ1v) is 5.47. The molecule has 1 aliphatic carbocycles. The average Bonchev–Trinajstić information content (AvgIpc) is 2.68. The minimum absolute atomic E-state index is 0.528. The molecule has 1 heterocycles. The van der Waals surface area contributed by atoms with Gasteiger partial charge in [0.05, 0.1) is 0 Å². The summed E-state index contributed by atoms with van der Waals surface area (Å²) in [7, 11) is 0. The molecule has 0 bridgehead atoms. The number of hydrogen-bond acceptors (Lipinski definition) is 4. The summed E-state index contributed by atoms with van der Waals surface area (Å²) in [5, 5.41) is 7.04. The zero-order valence-corrected chi connectivity index (χ0v) is 8.62. The van der Waals surface area contributed by atoms with Crippen LogP contribution in [0.25, 0.3) is 0 Å². The van der Waals surface area contributed by atoms with Crippen molar-refractivity contribution in [2.24, 2.45) is 0 Å². The molecule has 1 fully saturated rings. The topological polar surface area (TPSA) is 51.0 Å². The Kier molecular flexibility index (Phi) is 3.01. The fraction of sp³-hybridized carbons (Fsp3) is 0.800. The van der Waals surface area contributed by atoms with E-state index >= 15 is 0 Å². The van der Waals surface area contributed by atoms with Crippen LogP contribution in [0.15, 0.2) is 4.52 Å². The standard InChI is InChI=1S/C10H17N3O/c1-2-11-10-12-9(13-14-10)8-6-4-3-5-7-8/h8H,2-7H2,1H3,(H,11,12,13). The predicted molar refractivity (Wildman–Crippen MR) is 54.3 cm³/mol. The number of rotatable bonds is 3. The summed E-state index contributed by atoms with van der Waals surface area (Å²) in [6.07, 6.45) is 6.39. The molecule has 0 radical (unpaired) electrons. The summed E-state index contributed by atoms with van der Waals surface area (Å²) in [6.45, 7) is 2.84. The van der Waals surface area contributed by atoms with E-state index in [1.165, 1.54) is 32.1 Å². The van der Waals surface area contributed by atoms with Gasteiger partial charge >= 0.3 is 6.01 Å². The first kappa shape index (κ1) is 9.49. The number of aromatic nitrogens is 2. The Balaban J connectivity index is 2.00. The predicted octanol–water partition coefficient (Wildman–Crippen LogP) is 2.55. The largest absolute Gasteiger partial charge is 0.338 e. The molecule has 0 aliphatic heterocycles. The zero-order chi connectivity index (χ0) is 9.80. The molecule has 1 N–H and O–H groups in total. The van der Waals surface area contributed by atoms with E-state index in [2.05, 4.69) is 15.5 Å². The second kappa shape index (κ2) is 4.44. The number of anilines is 1. The average molecular weight is 195 g/mol. The number of nitrogens with zero attached hydrogens (tertiary/aromatic N) is 2. The van der Waals surface area contributed by atoms with Gasteiger partial charge in [0.15, 0.2) is 5.82 Å². The molecule has 0 spiro atoms. The fourth-order valence-electron chi connectivity index (χ4n) is 1.98. The van der Waals surface area contributed by atoms with E-state index in [9.17, 15) is 0 Å². The Bertz CT molecular complexity index is 279. The van der Waals surface area contributed by atoms with E-state index in [0.717, 1.165) is 12.4 Å². The minimum atomic E-state index is 0.528. The van der Waals surface area contributed by atoms with Crippen molar-refractivity contribution in [3.8, 4) is 0 Å². The summed E-state index contributed by atoms with van der Waals surface area (Å²) in [5.74, 6) is 1.42. The van der Waals surface area contributed by atoms with E-state index in [0.29, 0.717) is 11.9 Å². The monoisotopic (exact) mass is 195 g/mol. The van der Waals surface area contributed by atoms with Crippen LogP contribution in [0.2, 0.25) is 0 Å². The summed E-state index contributed by atoms with van der Waals surface area (Å²) in [4.78, 5) is 4.33. The number of nitrogens with one attached hydrogen (secondary N) is 1. The SMILES string of the molecule is CCNc1nc(C2CCCCC2)no1. The van der Waals surface area contributed by atoms with Crippen molar-refractivity contribution >= 4 is 6.01 Å². The molecule has 0 atom stereocenters. The van der Waals surface area contributed by atoms with Gasteiger partial charge in [-0.15, -0.1) is 0 Å². The highest BCUT2D eigenvalue weighted by molar-refractivity contribution is 5.18. The summed E-state index contributed by atoms with van der Waals surface area (Å²) < 4.78 is 5.09. The van der Waals surface area contributed by atoms with Crippen LogP contribution in [-0.4, -0.2) is 16.7 Å². The first-order valence-electron chi connectivity index (χ1n) is 5.47. The lowest BCUT2D eigenvalue weighted by atomic mass is 9.89. The normalized spacial score (nSPS) is 18.4. The summed E-state index contributed by atoms with van der Waals surface area (Å²) in [6, 6.07) is 0.563. The molecule has 1 saturated carbocycles. The lowest BCUT2D eigenvalue weighted by Crippen LogP contribution is -2.06. The smallest absolute Gasteiger partial charge is 0.321 e.